The van der Waals surface area contributed by atoms with E-state index in [0.717, 1.165) is 27.6 Å². The summed E-state index contributed by atoms with van der Waals surface area (Å²) in [6.07, 6.45) is 2.44. The molecule has 1 aliphatic carbocycles. The van der Waals surface area contributed by atoms with Crippen LogP contribution >= 0.6 is 15.9 Å². The minimum atomic E-state index is 0.124. The van der Waals surface area contributed by atoms with Gasteiger partial charge in [0.05, 0.1) is 16.1 Å². The van der Waals surface area contributed by atoms with Gasteiger partial charge in [0.1, 0.15) is 24.0 Å². The quantitative estimate of drug-likeness (QED) is 0.921. The summed E-state index contributed by atoms with van der Waals surface area (Å²) in [6.45, 7) is 0.619. The molecule has 0 saturated heterocycles. The number of anilines is 1. The van der Waals surface area contributed by atoms with Crippen LogP contribution in [0.1, 0.15) is 41.8 Å². The number of halogens is 1. The second kappa shape index (κ2) is 4.98. The predicted octanol–water partition coefficient (Wildman–Crippen LogP) is 3.68. The fourth-order valence-electron chi connectivity index (χ4n) is 2.81. The first kappa shape index (κ1) is 13.1. The fraction of sp³-hybridized carbons (Fsp3) is 0.375. The van der Waals surface area contributed by atoms with E-state index in [9.17, 15) is 0 Å². The lowest BCUT2D eigenvalue weighted by Crippen LogP contribution is -2.12. The molecule has 4 rings (SSSR count). The molecule has 21 heavy (non-hydrogen) atoms. The van der Waals surface area contributed by atoms with E-state index in [2.05, 4.69) is 27.3 Å². The molecule has 0 spiro atoms. The maximum atomic E-state index is 5.77. The number of nitrogens with one attached hydrogen (secondary N) is 1. The average Bonchev–Trinajstić information content (AvgIpc) is 3.27. The molecule has 2 aromatic rings. The SMILES string of the molecule is CNc1nc(C2COc3ccccc32)nc(C2CC2)c1Br. The van der Waals surface area contributed by atoms with E-state index in [0.29, 0.717) is 12.5 Å². The molecule has 4 nitrogen and oxygen atoms in total. The maximum absolute atomic E-state index is 5.77. The molecule has 108 valence electrons. The van der Waals surface area contributed by atoms with Gasteiger partial charge in [0.2, 0.25) is 0 Å². The van der Waals surface area contributed by atoms with Gasteiger partial charge >= 0.3 is 0 Å². The smallest absolute Gasteiger partial charge is 0.144 e. The molecule has 2 heterocycles. The normalized spacial score (nSPS) is 20.0. The molecule has 1 aromatic heterocycles. The summed E-state index contributed by atoms with van der Waals surface area (Å²) >= 11 is 3.64. The molecule has 2 aliphatic rings. The molecule has 1 saturated carbocycles. The molecule has 1 unspecified atom stereocenters. The van der Waals surface area contributed by atoms with Crippen molar-refractivity contribution in [1.82, 2.24) is 9.97 Å². The minimum absolute atomic E-state index is 0.124. The first-order chi connectivity index (χ1) is 10.3. The fourth-order valence-corrected chi connectivity index (χ4v) is 3.51. The summed E-state index contributed by atoms with van der Waals surface area (Å²) in [7, 11) is 1.90. The van der Waals surface area contributed by atoms with Crippen LogP contribution < -0.4 is 10.1 Å². The highest BCUT2D eigenvalue weighted by Gasteiger charge is 2.33. The van der Waals surface area contributed by atoms with Crippen LogP contribution in [0, 0.1) is 0 Å². The summed E-state index contributed by atoms with van der Waals surface area (Å²) in [5, 5.41) is 3.17. The Morgan fingerprint density at radius 2 is 2.05 bits per heavy atom. The number of hydrogen-bond acceptors (Lipinski definition) is 4. The highest BCUT2D eigenvalue weighted by molar-refractivity contribution is 9.10. The summed E-state index contributed by atoms with van der Waals surface area (Å²) < 4.78 is 6.78. The summed E-state index contributed by atoms with van der Waals surface area (Å²) in [6, 6.07) is 8.15. The standard InChI is InChI=1S/C16H16BrN3O/c1-18-16-13(17)14(9-6-7-9)19-15(20-16)11-8-21-12-5-3-2-4-10(11)12/h2-5,9,11H,6-8H2,1H3,(H,18,19,20). The Bertz CT molecular complexity index is 700. The van der Waals surface area contributed by atoms with E-state index in [1.165, 1.54) is 18.4 Å². The zero-order valence-electron chi connectivity index (χ0n) is 11.8. The lowest BCUT2D eigenvalue weighted by molar-refractivity contribution is 0.339. The number of ether oxygens (including phenoxy) is 1. The van der Waals surface area contributed by atoms with Gasteiger partial charge in [-0.3, -0.25) is 0 Å². The van der Waals surface area contributed by atoms with Gasteiger partial charge in [-0.1, -0.05) is 18.2 Å². The van der Waals surface area contributed by atoms with Gasteiger partial charge in [-0.2, -0.15) is 0 Å². The zero-order valence-corrected chi connectivity index (χ0v) is 13.4. The molecule has 5 heteroatoms. The molecular formula is C16H16BrN3O. The highest BCUT2D eigenvalue weighted by Crippen LogP contribution is 2.45. The second-order valence-corrected chi connectivity index (χ2v) is 6.35. The monoisotopic (exact) mass is 345 g/mol. The van der Waals surface area contributed by atoms with Crippen molar-refractivity contribution in [2.45, 2.75) is 24.7 Å². The van der Waals surface area contributed by atoms with Crippen molar-refractivity contribution in [2.24, 2.45) is 0 Å². The number of hydrogen-bond donors (Lipinski definition) is 1. The van der Waals surface area contributed by atoms with Crippen LogP contribution in [0.4, 0.5) is 5.82 Å². The molecule has 1 aromatic carbocycles. The first-order valence-electron chi connectivity index (χ1n) is 7.24. The average molecular weight is 346 g/mol. The van der Waals surface area contributed by atoms with Crippen molar-refractivity contribution in [3.63, 3.8) is 0 Å². The zero-order chi connectivity index (χ0) is 14.4. The van der Waals surface area contributed by atoms with Crippen molar-refractivity contribution < 1.29 is 4.74 Å². The molecule has 1 aliphatic heterocycles. The van der Waals surface area contributed by atoms with Gasteiger partial charge in [0.15, 0.2) is 0 Å². The van der Waals surface area contributed by atoms with Gasteiger partial charge in [-0.05, 0) is 34.8 Å². The van der Waals surface area contributed by atoms with E-state index in [1.807, 2.05) is 25.2 Å². The number of para-hydroxylation sites is 1. The third-order valence-electron chi connectivity index (χ3n) is 4.11. The highest BCUT2D eigenvalue weighted by atomic mass is 79.9. The first-order valence-corrected chi connectivity index (χ1v) is 8.04. The Morgan fingerprint density at radius 3 is 2.81 bits per heavy atom. The van der Waals surface area contributed by atoms with Gasteiger partial charge in [0, 0.05) is 18.5 Å². The van der Waals surface area contributed by atoms with Gasteiger partial charge in [0.25, 0.3) is 0 Å². The van der Waals surface area contributed by atoms with E-state index >= 15 is 0 Å². The number of benzene rings is 1. The molecule has 0 radical (unpaired) electrons. The number of rotatable bonds is 3. The van der Waals surface area contributed by atoms with Crippen molar-refractivity contribution in [1.29, 1.82) is 0 Å². The van der Waals surface area contributed by atoms with E-state index in [4.69, 9.17) is 14.7 Å². The molecule has 0 amide bonds. The van der Waals surface area contributed by atoms with E-state index < -0.39 is 0 Å². The molecule has 1 fully saturated rings. The lowest BCUT2D eigenvalue weighted by atomic mass is 10.0. The Kier molecular flexibility index (Phi) is 3.10. The third kappa shape index (κ3) is 2.20. The Hall–Kier alpha value is -1.62. The summed E-state index contributed by atoms with van der Waals surface area (Å²) in [4.78, 5) is 9.54. The molecule has 1 atom stereocenters. The van der Waals surface area contributed by atoms with Gasteiger partial charge in [-0.15, -0.1) is 0 Å². The van der Waals surface area contributed by atoms with Crippen molar-refractivity contribution in [2.75, 3.05) is 19.0 Å². The van der Waals surface area contributed by atoms with Crippen LogP contribution in [0.15, 0.2) is 28.7 Å². The van der Waals surface area contributed by atoms with E-state index in [-0.39, 0.29) is 5.92 Å². The van der Waals surface area contributed by atoms with Crippen LogP contribution in [0.2, 0.25) is 0 Å². The number of aromatic nitrogens is 2. The Balaban J connectivity index is 1.81. The Morgan fingerprint density at radius 1 is 1.24 bits per heavy atom. The topological polar surface area (TPSA) is 47.0 Å². The number of fused-ring (bicyclic) bond motifs is 1. The summed E-state index contributed by atoms with van der Waals surface area (Å²) in [5.74, 6) is 3.37. The minimum Gasteiger partial charge on any atom is -0.492 e. The third-order valence-corrected chi connectivity index (χ3v) is 4.89. The second-order valence-electron chi connectivity index (χ2n) is 5.56. The summed E-state index contributed by atoms with van der Waals surface area (Å²) in [5.41, 5.74) is 2.32. The van der Waals surface area contributed by atoms with Gasteiger partial charge < -0.3 is 10.1 Å². The predicted molar refractivity (Wildman–Crippen MR) is 85.0 cm³/mol. The van der Waals surface area contributed by atoms with Crippen molar-refractivity contribution in [3.05, 3.63) is 45.8 Å². The molecule has 1 N–H and O–H groups in total. The van der Waals surface area contributed by atoms with Crippen LogP contribution in [0.25, 0.3) is 0 Å². The molecular weight excluding hydrogens is 330 g/mol. The Labute approximate surface area is 132 Å². The van der Waals surface area contributed by atoms with Crippen LogP contribution in [-0.2, 0) is 0 Å². The number of nitrogens with zero attached hydrogens (tertiary/aromatic N) is 2. The van der Waals surface area contributed by atoms with Crippen molar-refractivity contribution in [3.8, 4) is 5.75 Å². The lowest BCUT2D eigenvalue weighted by Gasteiger charge is -2.14. The van der Waals surface area contributed by atoms with Crippen molar-refractivity contribution >= 4 is 21.7 Å². The van der Waals surface area contributed by atoms with Crippen LogP contribution in [-0.4, -0.2) is 23.6 Å². The maximum Gasteiger partial charge on any atom is 0.144 e. The van der Waals surface area contributed by atoms with E-state index in [1.54, 1.807) is 0 Å². The van der Waals surface area contributed by atoms with Crippen LogP contribution in [0.5, 0.6) is 5.75 Å². The van der Waals surface area contributed by atoms with Crippen LogP contribution in [0.3, 0.4) is 0 Å². The largest absolute Gasteiger partial charge is 0.492 e. The van der Waals surface area contributed by atoms with Gasteiger partial charge in [-0.25, -0.2) is 9.97 Å². The molecule has 0 bridgehead atoms.